The van der Waals surface area contributed by atoms with Crippen LogP contribution < -0.4 is 0 Å². The predicted octanol–water partition coefficient (Wildman–Crippen LogP) is 3.09. The normalized spacial score (nSPS) is 26.4. The van der Waals surface area contributed by atoms with Gasteiger partial charge in [0.15, 0.2) is 6.29 Å². The first-order valence-electron chi connectivity index (χ1n) is 10.1. The van der Waals surface area contributed by atoms with E-state index in [1.54, 1.807) is 13.2 Å². The zero-order valence-electron chi connectivity index (χ0n) is 17.3. The van der Waals surface area contributed by atoms with Gasteiger partial charge in [-0.05, 0) is 11.1 Å². The SMILES string of the molecule is C=CCO[C@H]1[C@H](O)[C@@H](COCc2ccccc2)O[C@H](OC)[C@@H]1OCc1ccccc1. The van der Waals surface area contributed by atoms with Gasteiger partial charge in [0.25, 0.3) is 0 Å². The first-order chi connectivity index (χ1) is 14.7. The molecule has 0 aliphatic carbocycles. The van der Waals surface area contributed by atoms with Gasteiger partial charge in [-0.25, -0.2) is 0 Å². The lowest BCUT2D eigenvalue weighted by Crippen LogP contribution is -2.60. The summed E-state index contributed by atoms with van der Waals surface area (Å²) in [5.74, 6) is 0. The maximum absolute atomic E-state index is 10.9. The molecular weight excluding hydrogens is 384 g/mol. The first-order valence-corrected chi connectivity index (χ1v) is 10.1. The first kappa shape index (κ1) is 22.6. The zero-order valence-corrected chi connectivity index (χ0v) is 17.3. The molecule has 0 radical (unpaired) electrons. The van der Waals surface area contributed by atoms with Gasteiger partial charge in [0, 0.05) is 7.11 Å². The van der Waals surface area contributed by atoms with E-state index in [0.717, 1.165) is 11.1 Å². The average Bonchev–Trinajstić information content (AvgIpc) is 2.79. The Morgan fingerprint density at radius 1 is 0.933 bits per heavy atom. The zero-order chi connectivity index (χ0) is 21.2. The Morgan fingerprint density at radius 2 is 1.57 bits per heavy atom. The van der Waals surface area contributed by atoms with E-state index in [-0.39, 0.29) is 13.2 Å². The number of benzene rings is 2. The van der Waals surface area contributed by atoms with Gasteiger partial charge in [0.05, 0.1) is 26.4 Å². The summed E-state index contributed by atoms with van der Waals surface area (Å²) >= 11 is 0. The number of rotatable bonds is 11. The number of ether oxygens (including phenoxy) is 5. The highest BCUT2D eigenvalue weighted by molar-refractivity contribution is 5.14. The fourth-order valence-corrected chi connectivity index (χ4v) is 3.40. The summed E-state index contributed by atoms with van der Waals surface area (Å²) in [5.41, 5.74) is 2.06. The highest BCUT2D eigenvalue weighted by atomic mass is 16.7. The maximum Gasteiger partial charge on any atom is 0.186 e. The van der Waals surface area contributed by atoms with Crippen LogP contribution in [0.3, 0.4) is 0 Å². The minimum absolute atomic E-state index is 0.204. The van der Waals surface area contributed by atoms with E-state index in [9.17, 15) is 5.11 Å². The Balaban J connectivity index is 1.64. The Bertz CT molecular complexity index is 738. The van der Waals surface area contributed by atoms with Crippen molar-refractivity contribution in [3.8, 4) is 0 Å². The molecule has 6 heteroatoms. The monoisotopic (exact) mass is 414 g/mol. The maximum atomic E-state index is 10.9. The second kappa shape index (κ2) is 12.0. The van der Waals surface area contributed by atoms with Gasteiger partial charge in [-0.2, -0.15) is 0 Å². The van der Waals surface area contributed by atoms with Crippen molar-refractivity contribution in [2.45, 2.75) is 43.9 Å². The quantitative estimate of drug-likeness (QED) is 0.570. The Morgan fingerprint density at radius 3 is 2.17 bits per heavy atom. The molecule has 2 aromatic carbocycles. The molecule has 30 heavy (non-hydrogen) atoms. The van der Waals surface area contributed by atoms with E-state index in [1.807, 2.05) is 60.7 Å². The molecule has 5 atom stereocenters. The standard InChI is InChI=1S/C24H30O6/c1-3-14-28-22-21(25)20(17-27-15-18-10-6-4-7-11-18)30-24(26-2)23(22)29-16-19-12-8-5-9-13-19/h3-13,20-25H,1,14-17H2,2H3/t20-,21-,22+,23-,24+/m1/s1. The lowest BCUT2D eigenvalue weighted by Gasteiger charge is -2.43. The van der Waals surface area contributed by atoms with Crippen molar-refractivity contribution in [1.29, 1.82) is 0 Å². The van der Waals surface area contributed by atoms with Crippen LogP contribution in [0.15, 0.2) is 73.3 Å². The van der Waals surface area contributed by atoms with Gasteiger partial charge >= 0.3 is 0 Å². The lowest BCUT2D eigenvalue weighted by molar-refractivity contribution is -0.313. The van der Waals surface area contributed by atoms with E-state index in [0.29, 0.717) is 13.2 Å². The van der Waals surface area contributed by atoms with Gasteiger partial charge < -0.3 is 28.8 Å². The minimum atomic E-state index is -0.937. The molecule has 6 nitrogen and oxygen atoms in total. The van der Waals surface area contributed by atoms with Crippen molar-refractivity contribution in [1.82, 2.24) is 0 Å². The van der Waals surface area contributed by atoms with Crippen LogP contribution in [-0.2, 0) is 36.9 Å². The largest absolute Gasteiger partial charge is 0.387 e. The molecule has 1 heterocycles. The third-order valence-electron chi connectivity index (χ3n) is 4.94. The molecule has 0 unspecified atom stereocenters. The molecule has 0 bridgehead atoms. The number of hydrogen-bond acceptors (Lipinski definition) is 6. The van der Waals surface area contributed by atoms with E-state index in [4.69, 9.17) is 23.7 Å². The molecule has 0 spiro atoms. The van der Waals surface area contributed by atoms with Crippen LogP contribution in [0, 0.1) is 0 Å². The number of aliphatic hydroxyl groups is 1. The van der Waals surface area contributed by atoms with Gasteiger partial charge in [0.2, 0.25) is 0 Å². The second-order valence-electron chi connectivity index (χ2n) is 7.12. The number of aliphatic hydroxyl groups excluding tert-OH is 1. The highest BCUT2D eigenvalue weighted by Crippen LogP contribution is 2.28. The van der Waals surface area contributed by atoms with Crippen molar-refractivity contribution >= 4 is 0 Å². The summed E-state index contributed by atoms with van der Waals surface area (Å²) in [6, 6.07) is 19.6. The second-order valence-corrected chi connectivity index (χ2v) is 7.12. The van der Waals surface area contributed by atoms with Gasteiger partial charge in [-0.15, -0.1) is 6.58 Å². The van der Waals surface area contributed by atoms with Crippen molar-refractivity contribution in [3.63, 3.8) is 0 Å². The Kier molecular flexibility index (Phi) is 9.01. The molecule has 3 rings (SSSR count). The fraction of sp³-hybridized carbons (Fsp3) is 0.417. The molecule has 1 aliphatic rings. The van der Waals surface area contributed by atoms with Gasteiger partial charge in [-0.1, -0.05) is 66.7 Å². The molecule has 1 N–H and O–H groups in total. The summed E-state index contributed by atoms with van der Waals surface area (Å²) in [5, 5.41) is 10.9. The van der Waals surface area contributed by atoms with E-state index in [1.165, 1.54) is 0 Å². The summed E-state index contributed by atoms with van der Waals surface area (Å²) in [6.07, 6.45) is -1.85. The molecule has 1 saturated heterocycles. The molecule has 162 valence electrons. The smallest absolute Gasteiger partial charge is 0.186 e. The average molecular weight is 414 g/mol. The topological polar surface area (TPSA) is 66.4 Å². The fourth-order valence-electron chi connectivity index (χ4n) is 3.40. The molecular formula is C24H30O6. The molecule has 0 saturated carbocycles. The van der Waals surface area contributed by atoms with Crippen molar-refractivity contribution in [2.75, 3.05) is 20.3 Å². The summed E-state index contributed by atoms with van der Waals surface area (Å²) in [7, 11) is 1.55. The number of hydrogen-bond donors (Lipinski definition) is 1. The van der Waals surface area contributed by atoms with Crippen molar-refractivity contribution in [2.24, 2.45) is 0 Å². The third-order valence-corrected chi connectivity index (χ3v) is 4.94. The van der Waals surface area contributed by atoms with Crippen LogP contribution in [0.5, 0.6) is 0 Å². The molecule has 0 aromatic heterocycles. The third kappa shape index (κ3) is 6.22. The van der Waals surface area contributed by atoms with E-state index < -0.39 is 30.7 Å². The van der Waals surface area contributed by atoms with Crippen LogP contribution in [0.1, 0.15) is 11.1 Å². The minimum Gasteiger partial charge on any atom is -0.387 e. The molecule has 0 amide bonds. The van der Waals surface area contributed by atoms with Crippen LogP contribution in [0.2, 0.25) is 0 Å². The van der Waals surface area contributed by atoms with E-state index >= 15 is 0 Å². The summed E-state index contributed by atoms with van der Waals surface area (Å²) < 4.78 is 29.2. The van der Waals surface area contributed by atoms with Gasteiger partial charge in [0.1, 0.15) is 24.4 Å². The van der Waals surface area contributed by atoms with Crippen LogP contribution in [0.25, 0.3) is 0 Å². The van der Waals surface area contributed by atoms with Crippen molar-refractivity contribution < 1.29 is 28.8 Å². The van der Waals surface area contributed by atoms with Crippen molar-refractivity contribution in [3.05, 3.63) is 84.4 Å². The summed E-state index contributed by atoms with van der Waals surface area (Å²) in [6.45, 7) is 4.96. The Labute approximate surface area is 178 Å². The van der Waals surface area contributed by atoms with Gasteiger partial charge in [-0.3, -0.25) is 0 Å². The highest BCUT2D eigenvalue weighted by Gasteiger charge is 2.47. The molecule has 2 aromatic rings. The van der Waals surface area contributed by atoms with Crippen LogP contribution in [-0.4, -0.2) is 56.1 Å². The van der Waals surface area contributed by atoms with Crippen LogP contribution >= 0.6 is 0 Å². The molecule has 1 fully saturated rings. The number of methoxy groups -OCH3 is 1. The van der Waals surface area contributed by atoms with Crippen LogP contribution in [0.4, 0.5) is 0 Å². The summed E-state index contributed by atoms with van der Waals surface area (Å²) in [4.78, 5) is 0. The van der Waals surface area contributed by atoms with E-state index in [2.05, 4.69) is 6.58 Å². The Hall–Kier alpha value is -2.06. The molecule has 1 aliphatic heterocycles. The predicted molar refractivity (Wildman–Crippen MR) is 113 cm³/mol. The lowest BCUT2D eigenvalue weighted by atomic mass is 9.98.